The Morgan fingerprint density at radius 3 is 0.957 bits per heavy atom. The molecule has 3 aromatic carbocycles. The standard InChI is InChI=1S/C18H15O3P.Pt/c1-4-10-16(11-5-1)19-22(20-17-12-6-2-7-13-17)21-18-14-8-3-9-15-18;/h1-15H;. The van der Waals surface area contributed by atoms with Gasteiger partial charge in [-0.2, -0.15) is 0 Å². The van der Waals surface area contributed by atoms with E-state index in [0.29, 0.717) is 17.2 Å². The van der Waals surface area contributed by atoms with E-state index in [0.717, 1.165) is 0 Å². The zero-order valence-electron chi connectivity index (χ0n) is 12.1. The molecule has 0 aliphatic heterocycles. The first-order valence-electron chi connectivity index (χ1n) is 6.89. The Hall–Kier alpha value is -1.82. The number of benzene rings is 3. The van der Waals surface area contributed by atoms with Gasteiger partial charge in [0.2, 0.25) is 0 Å². The molecule has 0 unspecified atom stereocenters. The molecular weight excluding hydrogens is 490 g/mol. The largest absolute Gasteiger partial charge is 0.530 e. The molecule has 0 aromatic heterocycles. The minimum Gasteiger partial charge on any atom is -0.409 e. The zero-order valence-corrected chi connectivity index (χ0v) is 15.3. The number of rotatable bonds is 6. The van der Waals surface area contributed by atoms with E-state index in [-0.39, 0.29) is 21.1 Å². The summed E-state index contributed by atoms with van der Waals surface area (Å²) in [5, 5.41) is 0. The van der Waals surface area contributed by atoms with Crippen molar-refractivity contribution in [2.24, 2.45) is 0 Å². The predicted molar refractivity (Wildman–Crippen MR) is 88.1 cm³/mol. The SMILES string of the molecule is [Pt].c1ccc(OP(Oc2ccccc2)Oc2ccccc2)cc1. The molecule has 3 rings (SSSR count). The van der Waals surface area contributed by atoms with Crippen molar-refractivity contribution in [2.75, 3.05) is 0 Å². The van der Waals surface area contributed by atoms with Crippen LogP contribution in [-0.2, 0) is 21.1 Å². The van der Waals surface area contributed by atoms with E-state index in [4.69, 9.17) is 13.6 Å². The molecule has 0 aliphatic rings. The first-order valence-corrected chi connectivity index (χ1v) is 7.99. The summed E-state index contributed by atoms with van der Waals surface area (Å²) in [7, 11) is -1.59. The molecule has 5 heteroatoms. The van der Waals surface area contributed by atoms with Crippen molar-refractivity contribution in [3.63, 3.8) is 0 Å². The Kier molecular flexibility index (Phi) is 7.12. The van der Waals surface area contributed by atoms with E-state index in [1.165, 1.54) is 0 Å². The van der Waals surface area contributed by atoms with Gasteiger partial charge in [0.15, 0.2) is 0 Å². The van der Waals surface area contributed by atoms with Gasteiger partial charge >= 0.3 is 8.60 Å². The van der Waals surface area contributed by atoms with Crippen LogP contribution < -0.4 is 13.6 Å². The topological polar surface area (TPSA) is 27.7 Å². The third kappa shape index (κ3) is 5.71. The monoisotopic (exact) mass is 505 g/mol. The van der Waals surface area contributed by atoms with Crippen LogP contribution >= 0.6 is 8.60 Å². The zero-order chi connectivity index (χ0) is 15.0. The summed E-state index contributed by atoms with van der Waals surface area (Å²) in [6.45, 7) is 0. The van der Waals surface area contributed by atoms with E-state index in [2.05, 4.69) is 0 Å². The van der Waals surface area contributed by atoms with Crippen molar-refractivity contribution in [1.82, 2.24) is 0 Å². The minimum absolute atomic E-state index is 0. The third-order valence-corrected chi connectivity index (χ3v) is 3.85. The third-order valence-electron chi connectivity index (χ3n) is 2.77. The van der Waals surface area contributed by atoms with Crippen LogP contribution in [0.2, 0.25) is 0 Å². The first-order chi connectivity index (χ1) is 10.9. The molecule has 3 aromatic rings. The Labute approximate surface area is 151 Å². The molecular formula is C18H15O3PPt. The fraction of sp³-hybridized carbons (Fsp3) is 0. The van der Waals surface area contributed by atoms with Crippen LogP contribution in [0.15, 0.2) is 91.0 Å². The van der Waals surface area contributed by atoms with Crippen LogP contribution in [0, 0.1) is 0 Å². The van der Waals surface area contributed by atoms with Gasteiger partial charge < -0.3 is 13.6 Å². The summed E-state index contributed by atoms with van der Waals surface area (Å²) in [4.78, 5) is 0. The van der Waals surface area contributed by atoms with Gasteiger partial charge in [-0.3, -0.25) is 0 Å². The van der Waals surface area contributed by atoms with Crippen molar-refractivity contribution in [3.8, 4) is 17.2 Å². The van der Waals surface area contributed by atoms with Gasteiger partial charge in [-0.15, -0.1) is 0 Å². The van der Waals surface area contributed by atoms with E-state index in [1.807, 2.05) is 91.0 Å². The van der Waals surface area contributed by atoms with Gasteiger partial charge in [0.25, 0.3) is 0 Å². The fourth-order valence-electron chi connectivity index (χ4n) is 1.76. The van der Waals surface area contributed by atoms with Crippen molar-refractivity contribution < 1.29 is 34.6 Å². The maximum atomic E-state index is 5.84. The molecule has 0 spiro atoms. The first kappa shape index (κ1) is 17.5. The molecule has 0 radical (unpaired) electrons. The minimum atomic E-state index is -1.59. The number of para-hydroxylation sites is 3. The van der Waals surface area contributed by atoms with E-state index < -0.39 is 8.60 Å². The summed E-state index contributed by atoms with van der Waals surface area (Å²) in [5.41, 5.74) is 0. The second-order valence-electron chi connectivity index (χ2n) is 4.44. The molecule has 0 saturated heterocycles. The van der Waals surface area contributed by atoms with Gasteiger partial charge in [-0.05, 0) is 36.4 Å². The van der Waals surface area contributed by atoms with Gasteiger partial charge in [0.1, 0.15) is 17.2 Å². The molecule has 0 atom stereocenters. The molecule has 3 nitrogen and oxygen atoms in total. The Bertz CT molecular complexity index is 582. The average molecular weight is 505 g/mol. The smallest absolute Gasteiger partial charge is 0.409 e. The Morgan fingerprint density at radius 1 is 0.435 bits per heavy atom. The molecule has 0 bridgehead atoms. The van der Waals surface area contributed by atoms with Crippen molar-refractivity contribution in [1.29, 1.82) is 0 Å². The molecule has 0 N–H and O–H groups in total. The molecule has 0 aliphatic carbocycles. The number of hydrogen-bond acceptors (Lipinski definition) is 3. The fourth-order valence-corrected chi connectivity index (χ4v) is 2.75. The quantitative estimate of drug-likeness (QED) is 0.418. The van der Waals surface area contributed by atoms with Crippen LogP contribution in [0.5, 0.6) is 17.2 Å². The van der Waals surface area contributed by atoms with Gasteiger partial charge in [0, 0.05) is 21.1 Å². The molecule has 23 heavy (non-hydrogen) atoms. The second kappa shape index (κ2) is 9.35. The molecule has 120 valence electrons. The normalized spacial score (nSPS) is 9.78. The summed E-state index contributed by atoms with van der Waals surface area (Å²) >= 11 is 0. The average Bonchev–Trinajstić information content (AvgIpc) is 2.57. The maximum absolute atomic E-state index is 5.84. The Balaban J connectivity index is 0.00000192. The second-order valence-corrected chi connectivity index (χ2v) is 5.43. The van der Waals surface area contributed by atoms with E-state index in [1.54, 1.807) is 0 Å². The van der Waals surface area contributed by atoms with Gasteiger partial charge in [-0.25, -0.2) is 0 Å². The number of hydrogen-bond donors (Lipinski definition) is 0. The van der Waals surface area contributed by atoms with Gasteiger partial charge in [0.05, 0.1) is 0 Å². The van der Waals surface area contributed by atoms with Crippen LogP contribution in [0.1, 0.15) is 0 Å². The molecule has 0 fully saturated rings. The summed E-state index contributed by atoms with van der Waals surface area (Å²) in [6.07, 6.45) is 0. The van der Waals surface area contributed by atoms with Crippen molar-refractivity contribution in [2.45, 2.75) is 0 Å². The van der Waals surface area contributed by atoms with Crippen molar-refractivity contribution in [3.05, 3.63) is 91.0 Å². The van der Waals surface area contributed by atoms with Crippen LogP contribution in [0.4, 0.5) is 0 Å². The molecule has 0 heterocycles. The predicted octanol–water partition coefficient (Wildman–Crippen LogP) is 5.45. The van der Waals surface area contributed by atoms with E-state index >= 15 is 0 Å². The maximum Gasteiger partial charge on any atom is 0.530 e. The van der Waals surface area contributed by atoms with Crippen LogP contribution in [0.3, 0.4) is 0 Å². The summed E-state index contributed by atoms with van der Waals surface area (Å²) in [6, 6.07) is 28.5. The Morgan fingerprint density at radius 2 is 0.696 bits per heavy atom. The molecule has 0 amide bonds. The summed E-state index contributed by atoms with van der Waals surface area (Å²) < 4.78 is 17.5. The van der Waals surface area contributed by atoms with Crippen LogP contribution in [-0.4, -0.2) is 0 Å². The van der Waals surface area contributed by atoms with Crippen molar-refractivity contribution >= 4 is 8.60 Å². The summed E-state index contributed by atoms with van der Waals surface area (Å²) in [5.74, 6) is 2.13. The van der Waals surface area contributed by atoms with E-state index in [9.17, 15) is 0 Å². The van der Waals surface area contributed by atoms with Gasteiger partial charge in [-0.1, -0.05) is 54.6 Å². The molecule has 0 saturated carbocycles. The van der Waals surface area contributed by atoms with Crippen LogP contribution in [0.25, 0.3) is 0 Å².